The molecular formula is C18H17N3O. The first-order chi connectivity index (χ1) is 10.8. The maximum atomic E-state index is 12.9. The van der Waals surface area contributed by atoms with Gasteiger partial charge in [0.05, 0.1) is 11.6 Å². The predicted molar refractivity (Wildman–Crippen MR) is 85.7 cm³/mol. The van der Waals surface area contributed by atoms with Gasteiger partial charge in [-0.1, -0.05) is 42.5 Å². The number of hydrogen-bond donors (Lipinski definition) is 1. The summed E-state index contributed by atoms with van der Waals surface area (Å²) in [6, 6.07) is 16.2. The van der Waals surface area contributed by atoms with Gasteiger partial charge in [-0.05, 0) is 30.5 Å². The minimum absolute atomic E-state index is 0.000506. The molecule has 0 fully saturated rings. The van der Waals surface area contributed by atoms with Crippen LogP contribution in [0.1, 0.15) is 34.6 Å². The van der Waals surface area contributed by atoms with Gasteiger partial charge in [0.2, 0.25) is 0 Å². The van der Waals surface area contributed by atoms with Crippen LogP contribution in [0.25, 0.3) is 10.9 Å². The molecule has 2 heterocycles. The highest BCUT2D eigenvalue weighted by Crippen LogP contribution is 2.31. The molecule has 1 aromatic heterocycles. The smallest absolute Gasteiger partial charge is 0.275 e. The number of fused-ring (bicyclic) bond motifs is 2. The second kappa shape index (κ2) is 4.98. The van der Waals surface area contributed by atoms with Crippen molar-refractivity contribution in [1.82, 2.24) is 15.1 Å². The molecule has 0 saturated carbocycles. The average molecular weight is 291 g/mol. The topological polar surface area (TPSA) is 49.0 Å². The Morgan fingerprint density at radius 1 is 1.18 bits per heavy atom. The molecule has 2 aromatic carbocycles. The number of nitrogens with one attached hydrogen (secondary N) is 1. The van der Waals surface area contributed by atoms with Gasteiger partial charge in [0.15, 0.2) is 5.69 Å². The van der Waals surface area contributed by atoms with Crippen LogP contribution in [0.5, 0.6) is 0 Å². The van der Waals surface area contributed by atoms with Crippen LogP contribution in [0.3, 0.4) is 0 Å². The van der Waals surface area contributed by atoms with E-state index in [9.17, 15) is 4.79 Å². The fourth-order valence-corrected chi connectivity index (χ4v) is 3.31. The Balaban J connectivity index is 1.72. The van der Waals surface area contributed by atoms with E-state index in [1.165, 1.54) is 11.1 Å². The van der Waals surface area contributed by atoms with Crippen LogP contribution in [-0.2, 0) is 6.42 Å². The number of nitrogens with zero attached hydrogens (tertiary/aromatic N) is 2. The molecule has 0 saturated heterocycles. The number of aromatic amines is 1. The molecule has 0 bridgehead atoms. The molecule has 110 valence electrons. The van der Waals surface area contributed by atoms with Crippen molar-refractivity contribution in [3.8, 4) is 0 Å². The zero-order valence-electron chi connectivity index (χ0n) is 12.4. The maximum Gasteiger partial charge on any atom is 0.275 e. The zero-order chi connectivity index (χ0) is 15.1. The summed E-state index contributed by atoms with van der Waals surface area (Å²) in [7, 11) is 0. The van der Waals surface area contributed by atoms with Crippen molar-refractivity contribution in [3.63, 3.8) is 0 Å². The molecule has 1 N–H and O–H groups in total. The largest absolute Gasteiger partial charge is 0.330 e. The van der Waals surface area contributed by atoms with Gasteiger partial charge in [-0.25, -0.2) is 0 Å². The molecule has 1 aliphatic rings. The number of hydrogen-bond acceptors (Lipinski definition) is 2. The third kappa shape index (κ3) is 1.91. The number of amides is 1. The van der Waals surface area contributed by atoms with Crippen molar-refractivity contribution in [1.29, 1.82) is 0 Å². The fraction of sp³-hybridized carbons (Fsp3) is 0.222. The molecule has 0 aliphatic carbocycles. The lowest BCUT2D eigenvalue weighted by Gasteiger charge is -2.34. The van der Waals surface area contributed by atoms with Crippen LogP contribution >= 0.6 is 0 Å². The lowest BCUT2D eigenvalue weighted by atomic mass is 9.93. The summed E-state index contributed by atoms with van der Waals surface area (Å²) >= 11 is 0. The molecule has 1 atom stereocenters. The van der Waals surface area contributed by atoms with Crippen molar-refractivity contribution < 1.29 is 4.79 Å². The normalized spacial score (nSPS) is 17.5. The summed E-state index contributed by atoms with van der Waals surface area (Å²) in [5.74, 6) is -0.000506. The molecule has 22 heavy (non-hydrogen) atoms. The number of rotatable bonds is 1. The van der Waals surface area contributed by atoms with E-state index in [-0.39, 0.29) is 11.9 Å². The Morgan fingerprint density at radius 3 is 2.86 bits per heavy atom. The van der Waals surface area contributed by atoms with Crippen molar-refractivity contribution in [2.24, 2.45) is 0 Å². The first kappa shape index (κ1) is 13.1. The fourth-order valence-electron chi connectivity index (χ4n) is 3.31. The molecule has 3 aromatic rings. The Labute approximate surface area is 128 Å². The second-order valence-corrected chi connectivity index (χ2v) is 5.74. The van der Waals surface area contributed by atoms with Gasteiger partial charge in [-0.15, -0.1) is 0 Å². The van der Waals surface area contributed by atoms with E-state index in [0.29, 0.717) is 5.69 Å². The van der Waals surface area contributed by atoms with Gasteiger partial charge in [0.1, 0.15) is 0 Å². The van der Waals surface area contributed by atoms with Crippen LogP contribution in [-0.4, -0.2) is 27.5 Å². The Kier molecular flexibility index (Phi) is 2.96. The standard InChI is InChI=1S/C18H17N3O/c1-12-14-7-3-2-6-13(14)10-11-21(12)18(22)17-15-8-4-5-9-16(15)19-20-17/h2-9,12H,10-11H2,1H3,(H,19,20)/t12-/m1/s1. The van der Waals surface area contributed by atoms with Crippen LogP contribution < -0.4 is 0 Å². The molecular weight excluding hydrogens is 274 g/mol. The summed E-state index contributed by atoms with van der Waals surface area (Å²) in [4.78, 5) is 14.9. The number of H-pyrrole nitrogens is 1. The highest BCUT2D eigenvalue weighted by molar-refractivity contribution is 6.04. The Morgan fingerprint density at radius 2 is 1.95 bits per heavy atom. The molecule has 1 amide bonds. The summed E-state index contributed by atoms with van der Waals surface area (Å²) in [6.45, 7) is 2.82. The minimum Gasteiger partial charge on any atom is -0.330 e. The summed E-state index contributed by atoms with van der Waals surface area (Å²) in [6.07, 6.45) is 0.897. The maximum absolute atomic E-state index is 12.9. The van der Waals surface area contributed by atoms with Gasteiger partial charge < -0.3 is 4.90 Å². The summed E-state index contributed by atoms with van der Waals surface area (Å²) in [5, 5.41) is 8.08. The molecule has 4 nitrogen and oxygen atoms in total. The van der Waals surface area contributed by atoms with Crippen LogP contribution in [0.4, 0.5) is 0 Å². The summed E-state index contributed by atoms with van der Waals surface area (Å²) in [5.41, 5.74) is 3.99. The van der Waals surface area contributed by atoms with E-state index in [2.05, 4.69) is 35.3 Å². The van der Waals surface area contributed by atoms with E-state index in [0.717, 1.165) is 23.9 Å². The number of carbonyl (C=O) groups excluding carboxylic acids is 1. The molecule has 1 aliphatic heterocycles. The highest BCUT2D eigenvalue weighted by Gasteiger charge is 2.29. The highest BCUT2D eigenvalue weighted by atomic mass is 16.2. The van der Waals surface area contributed by atoms with Gasteiger partial charge in [-0.2, -0.15) is 5.10 Å². The van der Waals surface area contributed by atoms with Crippen LogP contribution in [0, 0.1) is 0 Å². The van der Waals surface area contributed by atoms with Gasteiger partial charge in [0, 0.05) is 11.9 Å². The van der Waals surface area contributed by atoms with Crippen molar-refractivity contribution >= 4 is 16.8 Å². The average Bonchev–Trinajstić information content (AvgIpc) is 2.99. The number of carbonyl (C=O) groups is 1. The first-order valence-electron chi connectivity index (χ1n) is 7.57. The molecule has 0 spiro atoms. The molecule has 0 unspecified atom stereocenters. The SMILES string of the molecule is C[C@@H]1c2ccccc2CCN1C(=O)c1n[nH]c2ccccc12. The van der Waals surface area contributed by atoms with Crippen LogP contribution in [0.15, 0.2) is 48.5 Å². The Bertz CT molecular complexity index is 852. The van der Waals surface area contributed by atoms with E-state index in [4.69, 9.17) is 0 Å². The number of para-hydroxylation sites is 1. The van der Waals surface area contributed by atoms with E-state index < -0.39 is 0 Å². The molecule has 0 radical (unpaired) electrons. The second-order valence-electron chi connectivity index (χ2n) is 5.74. The van der Waals surface area contributed by atoms with Gasteiger partial charge in [0.25, 0.3) is 5.91 Å². The van der Waals surface area contributed by atoms with Crippen LogP contribution in [0.2, 0.25) is 0 Å². The number of benzene rings is 2. The quantitative estimate of drug-likeness (QED) is 0.747. The van der Waals surface area contributed by atoms with E-state index >= 15 is 0 Å². The predicted octanol–water partition coefficient (Wildman–Crippen LogP) is 3.32. The summed E-state index contributed by atoms with van der Waals surface area (Å²) < 4.78 is 0. The lowest BCUT2D eigenvalue weighted by Crippen LogP contribution is -2.39. The van der Waals surface area contributed by atoms with Crippen molar-refractivity contribution in [2.75, 3.05) is 6.54 Å². The van der Waals surface area contributed by atoms with Gasteiger partial charge >= 0.3 is 0 Å². The van der Waals surface area contributed by atoms with Crippen molar-refractivity contribution in [2.45, 2.75) is 19.4 Å². The zero-order valence-corrected chi connectivity index (χ0v) is 12.4. The molecule has 4 heteroatoms. The minimum atomic E-state index is -0.000506. The Hall–Kier alpha value is -2.62. The van der Waals surface area contributed by atoms with E-state index in [1.807, 2.05) is 35.2 Å². The monoisotopic (exact) mass is 291 g/mol. The van der Waals surface area contributed by atoms with Gasteiger partial charge in [-0.3, -0.25) is 9.89 Å². The third-order valence-corrected chi connectivity index (χ3v) is 4.53. The molecule has 4 rings (SSSR count). The van der Waals surface area contributed by atoms with Crippen molar-refractivity contribution in [3.05, 3.63) is 65.4 Å². The third-order valence-electron chi connectivity index (χ3n) is 4.53. The van der Waals surface area contributed by atoms with E-state index in [1.54, 1.807) is 0 Å². The lowest BCUT2D eigenvalue weighted by molar-refractivity contribution is 0.0673. The number of aromatic nitrogens is 2. The first-order valence-corrected chi connectivity index (χ1v) is 7.57.